The molecule has 2 aromatic carbocycles. The van der Waals surface area contributed by atoms with Crippen LogP contribution in [0.4, 0.5) is 5.69 Å². The SMILES string of the molecule is O=C1C=CC(=O)c2cc3c(O)c(O)c([N+](=O)[O-])cc3cc21. The molecule has 1 aliphatic rings. The number of carbonyl (C=O) groups is 2. The summed E-state index contributed by atoms with van der Waals surface area (Å²) in [7, 11) is 0. The van der Waals surface area contributed by atoms with Gasteiger partial charge in [0.1, 0.15) is 0 Å². The molecule has 0 aliphatic heterocycles. The molecular weight excluding hydrogens is 278 g/mol. The maximum atomic E-state index is 11.8. The Morgan fingerprint density at radius 3 is 2.05 bits per heavy atom. The summed E-state index contributed by atoms with van der Waals surface area (Å²) in [5, 5.41) is 30.6. The van der Waals surface area contributed by atoms with E-state index < -0.39 is 33.7 Å². The van der Waals surface area contributed by atoms with E-state index in [0.29, 0.717) is 0 Å². The monoisotopic (exact) mass is 285 g/mol. The molecule has 104 valence electrons. The van der Waals surface area contributed by atoms with Crippen molar-refractivity contribution >= 4 is 28.0 Å². The molecule has 0 bridgehead atoms. The number of phenolic OH excluding ortho intramolecular Hbond substituents is 2. The van der Waals surface area contributed by atoms with Crippen LogP contribution < -0.4 is 0 Å². The number of allylic oxidation sites excluding steroid dienone is 2. The fourth-order valence-electron chi connectivity index (χ4n) is 2.28. The van der Waals surface area contributed by atoms with Crippen molar-refractivity contribution in [3.8, 4) is 11.5 Å². The van der Waals surface area contributed by atoms with E-state index in [1.165, 1.54) is 12.1 Å². The van der Waals surface area contributed by atoms with Crippen LogP contribution in [0, 0.1) is 10.1 Å². The number of hydrogen-bond acceptors (Lipinski definition) is 6. The lowest BCUT2D eigenvalue weighted by Gasteiger charge is -2.12. The molecule has 0 atom stereocenters. The lowest BCUT2D eigenvalue weighted by molar-refractivity contribution is -0.385. The van der Waals surface area contributed by atoms with Crippen LogP contribution in [0.5, 0.6) is 11.5 Å². The third-order valence-corrected chi connectivity index (χ3v) is 3.32. The Labute approximate surface area is 116 Å². The Balaban J connectivity index is 2.42. The van der Waals surface area contributed by atoms with E-state index in [-0.39, 0.29) is 21.9 Å². The zero-order valence-corrected chi connectivity index (χ0v) is 10.4. The van der Waals surface area contributed by atoms with Crippen molar-refractivity contribution in [1.29, 1.82) is 0 Å². The van der Waals surface area contributed by atoms with Crippen LogP contribution in [-0.2, 0) is 0 Å². The van der Waals surface area contributed by atoms with Crippen LogP contribution in [-0.4, -0.2) is 26.7 Å². The van der Waals surface area contributed by atoms with Crippen LogP contribution in [0.2, 0.25) is 0 Å². The summed E-state index contributed by atoms with van der Waals surface area (Å²) in [5.74, 6) is -2.39. The zero-order chi connectivity index (χ0) is 15.3. The van der Waals surface area contributed by atoms with E-state index in [9.17, 15) is 29.9 Å². The van der Waals surface area contributed by atoms with Gasteiger partial charge in [-0.15, -0.1) is 0 Å². The first-order valence-corrected chi connectivity index (χ1v) is 5.84. The summed E-state index contributed by atoms with van der Waals surface area (Å²) >= 11 is 0. The Morgan fingerprint density at radius 2 is 1.48 bits per heavy atom. The topological polar surface area (TPSA) is 118 Å². The van der Waals surface area contributed by atoms with E-state index in [0.717, 1.165) is 18.2 Å². The number of nitro groups is 1. The molecule has 7 nitrogen and oxygen atoms in total. The molecule has 0 heterocycles. The summed E-state index contributed by atoms with van der Waals surface area (Å²) in [5.41, 5.74) is -0.488. The molecule has 7 heteroatoms. The Morgan fingerprint density at radius 1 is 0.905 bits per heavy atom. The first kappa shape index (κ1) is 12.8. The molecule has 0 amide bonds. The third kappa shape index (κ3) is 1.75. The van der Waals surface area contributed by atoms with Crippen LogP contribution in [0.1, 0.15) is 20.7 Å². The highest BCUT2D eigenvalue weighted by Crippen LogP contribution is 2.42. The number of aromatic hydroxyl groups is 2. The smallest absolute Gasteiger partial charge is 0.315 e. The third-order valence-electron chi connectivity index (χ3n) is 3.32. The molecule has 0 radical (unpaired) electrons. The highest BCUT2D eigenvalue weighted by atomic mass is 16.6. The Kier molecular flexibility index (Phi) is 2.52. The normalized spacial score (nSPS) is 13.5. The van der Waals surface area contributed by atoms with Gasteiger partial charge in [0.15, 0.2) is 17.3 Å². The molecule has 1 aliphatic carbocycles. The van der Waals surface area contributed by atoms with Gasteiger partial charge in [0, 0.05) is 22.6 Å². The van der Waals surface area contributed by atoms with Crippen LogP contribution in [0.25, 0.3) is 10.8 Å². The van der Waals surface area contributed by atoms with Crippen molar-refractivity contribution in [2.45, 2.75) is 0 Å². The summed E-state index contributed by atoms with van der Waals surface area (Å²) < 4.78 is 0. The lowest BCUT2D eigenvalue weighted by Crippen LogP contribution is -2.11. The van der Waals surface area contributed by atoms with Crippen molar-refractivity contribution < 1.29 is 24.7 Å². The quantitative estimate of drug-likeness (QED) is 0.470. The number of phenols is 2. The van der Waals surface area contributed by atoms with Gasteiger partial charge in [0.2, 0.25) is 5.75 Å². The van der Waals surface area contributed by atoms with Crippen molar-refractivity contribution in [3.05, 3.63) is 51.6 Å². The maximum Gasteiger partial charge on any atom is 0.315 e. The second-order valence-corrected chi connectivity index (χ2v) is 4.53. The molecule has 3 rings (SSSR count). The molecule has 0 saturated heterocycles. The fraction of sp³-hybridized carbons (Fsp3) is 0. The van der Waals surface area contributed by atoms with Gasteiger partial charge in [-0.25, -0.2) is 0 Å². The van der Waals surface area contributed by atoms with Crippen molar-refractivity contribution in [2.24, 2.45) is 0 Å². The minimum Gasteiger partial charge on any atom is -0.504 e. The summed E-state index contributed by atoms with van der Waals surface area (Å²) in [6.07, 6.45) is 2.23. The highest BCUT2D eigenvalue weighted by molar-refractivity contribution is 6.24. The van der Waals surface area contributed by atoms with Gasteiger partial charge in [0.05, 0.1) is 4.92 Å². The van der Waals surface area contributed by atoms with E-state index in [2.05, 4.69) is 0 Å². The molecule has 2 aromatic rings. The van der Waals surface area contributed by atoms with Gasteiger partial charge >= 0.3 is 5.69 Å². The number of benzene rings is 2. The number of carbonyl (C=O) groups excluding carboxylic acids is 2. The van der Waals surface area contributed by atoms with Crippen molar-refractivity contribution in [3.63, 3.8) is 0 Å². The van der Waals surface area contributed by atoms with Gasteiger partial charge < -0.3 is 10.2 Å². The van der Waals surface area contributed by atoms with Crippen LogP contribution >= 0.6 is 0 Å². The van der Waals surface area contributed by atoms with Gasteiger partial charge in [-0.2, -0.15) is 0 Å². The number of hydrogen-bond donors (Lipinski definition) is 2. The Hall–Kier alpha value is -3.22. The van der Waals surface area contributed by atoms with Crippen molar-refractivity contribution in [2.75, 3.05) is 0 Å². The standard InChI is InChI=1S/C14H7NO6/c16-11-1-2-12(17)9-5-7-6(3-8(9)11)4-10(15(20)21)14(19)13(7)18/h1-5,18-19H. The molecule has 0 spiro atoms. The van der Waals surface area contributed by atoms with E-state index in [4.69, 9.17) is 0 Å². The van der Waals surface area contributed by atoms with Crippen molar-refractivity contribution in [1.82, 2.24) is 0 Å². The number of nitrogens with zero attached hydrogens (tertiary/aromatic N) is 1. The average Bonchev–Trinajstić information content (AvgIpc) is 2.45. The maximum absolute atomic E-state index is 11.8. The number of fused-ring (bicyclic) bond motifs is 2. The minimum atomic E-state index is -0.877. The lowest BCUT2D eigenvalue weighted by atomic mass is 9.91. The van der Waals surface area contributed by atoms with Crippen LogP contribution in [0.3, 0.4) is 0 Å². The highest BCUT2D eigenvalue weighted by Gasteiger charge is 2.25. The first-order chi connectivity index (χ1) is 9.90. The number of ketones is 2. The van der Waals surface area contributed by atoms with E-state index in [1.807, 2.05) is 0 Å². The molecule has 0 fully saturated rings. The van der Waals surface area contributed by atoms with Gasteiger partial charge in [-0.1, -0.05) is 0 Å². The second kappa shape index (κ2) is 4.14. The summed E-state index contributed by atoms with van der Waals surface area (Å²) in [6.45, 7) is 0. The molecule has 0 aromatic heterocycles. The predicted molar refractivity (Wildman–Crippen MR) is 71.7 cm³/mol. The summed E-state index contributed by atoms with van der Waals surface area (Å²) in [4.78, 5) is 33.5. The van der Waals surface area contributed by atoms with Gasteiger partial charge in [-0.3, -0.25) is 19.7 Å². The summed E-state index contributed by atoms with van der Waals surface area (Å²) in [6, 6.07) is 3.58. The van der Waals surface area contributed by atoms with E-state index >= 15 is 0 Å². The molecule has 0 unspecified atom stereocenters. The minimum absolute atomic E-state index is 0.0632. The van der Waals surface area contributed by atoms with Crippen LogP contribution in [0.15, 0.2) is 30.4 Å². The number of rotatable bonds is 1. The van der Waals surface area contributed by atoms with E-state index in [1.54, 1.807) is 0 Å². The van der Waals surface area contributed by atoms with Gasteiger partial charge in [0.25, 0.3) is 0 Å². The average molecular weight is 285 g/mol. The fourth-order valence-corrected chi connectivity index (χ4v) is 2.28. The van der Waals surface area contributed by atoms with Gasteiger partial charge in [-0.05, 0) is 29.7 Å². The first-order valence-electron chi connectivity index (χ1n) is 5.84. The second-order valence-electron chi connectivity index (χ2n) is 4.53. The predicted octanol–water partition coefficient (Wildman–Crippen LogP) is 2.09. The molecule has 0 saturated carbocycles. The largest absolute Gasteiger partial charge is 0.504 e. The Bertz CT molecular complexity index is 881. The zero-order valence-electron chi connectivity index (χ0n) is 10.4. The molecular formula is C14H7NO6. The molecule has 2 N–H and O–H groups in total. The molecule has 21 heavy (non-hydrogen) atoms. The number of nitro benzene ring substituents is 1.